The predicted octanol–water partition coefficient (Wildman–Crippen LogP) is -0.978. The number of hydrogen-bond donors (Lipinski definition) is 0. The van der Waals surface area contributed by atoms with Crippen LogP contribution in [0.4, 0.5) is 0 Å². The molecule has 1 aliphatic heterocycles. The molecule has 0 radical (unpaired) electrons. The average Bonchev–Trinajstić information content (AvgIpc) is 2.48. The maximum atomic E-state index is 5.58. The monoisotopic (exact) mass is 188 g/mol. The smallest absolute Gasteiger partial charge is 0.142 e. The summed E-state index contributed by atoms with van der Waals surface area (Å²) >= 11 is 0. The molecule has 1 saturated heterocycles. The molecule has 0 N–H and O–H groups in total. The van der Waals surface area contributed by atoms with Gasteiger partial charge in [-0.05, 0) is 0 Å². The van der Waals surface area contributed by atoms with Crippen molar-refractivity contribution in [1.82, 2.24) is 0 Å². The molecular formula is C8H17BO4. The van der Waals surface area contributed by atoms with Gasteiger partial charge in [-0.15, -0.1) is 0 Å². The maximum Gasteiger partial charge on any atom is 0.142 e. The van der Waals surface area contributed by atoms with Crippen molar-refractivity contribution in [2.75, 3.05) is 34.0 Å². The average molecular weight is 188 g/mol. The normalized spacial score (nSPS) is 33.8. The van der Waals surface area contributed by atoms with E-state index in [4.69, 9.17) is 18.9 Å². The molecule has 1 heterocycles. The molecule has 2 unspecified atom stereocenters. The van der Waals surface area contributed by atoms with Gasteiger partial charge < -0.3 is 18.9 Å². The lowest BCUT2D eigenvalue weighted by Gasteiger charge is -2.19. The van der Waals surface area contributed by atoms with Gasteiger partial charge in [0.15, 0.2) is 0 Å². The van der Waals surface area contributed by atoms with E-state index >= 15 is 0 Å². The summed E-state index contributed by atoms with van der Waals surface area (Å²) < 4.78 is 21.1. The van der Waals surface area contributed by atoms with Crippen LogP contribution in [-0.4, -0.2) is 60.1 Å². The highest BCUT2D eigenvalue weighted by Crippen LogP contribution is 2.17. The third kappa shape index (κ3) is 2.95. The summed E-state index contributed by atoms with van der Waals surface area (Å²) in [6, 6.07) is 0.113. The summed E-state index contributed by atoms with van der Waals surface area (Å²) in [5.74, 6) is 0. The van der Waals surface area contributed by atoms with Crippen molar-refractivity contribution < 1.29 is 18.9 Å². The van der Waals surface area contributed by atoms with Gasteiger partial charge in [-0.3, -0.25) is 0 Å². The Morgan fingerprint density at radius 1 is 1.38 bits per heavy atom. The van der Waals surface area contributed by atoms with Gasteiger partial charge in [0.2, 0.25) is 0 Å². The first-order chi connectivity index (χ1) is 6.29. The molecule has 0 aromatic heterocycles. The highest BCUT2D eigenvalue weighted by atomic mass is 16.6. The Morgan fingerprint density at radius 3 is 2.77 bits per heavy atom. The van der Waals surface area contributed by atoms with E-state index in [0.29, 0.717) is 19.8 Å². The van der Waals surface area contributed by atoms with Gasteiger partial charge in [0, 0.05) is 14.2 Å². The van der Waals surface area contributed by atoms with Crippen LogP contribution >= 0.6 is 0 Å². The van der Waals surface area contributed by atoms with Crippen LogP contribution in [-0.2, 0) is 18.9 Å². The molecule has 0 spiro atoms. The van der Waals surface area contributed by atoms with E-state index < -0.39 is 0 Å². The topological polar surface area (TPSA) is 36.9 Å². The van der Waals surface area contributed by atoms with Gasteiger partial charge in [0.1, 0.15) is 20.1 Å². The summed E-state index contributed by atoms with van der Waals surface area (Å²) in [6.07, 6.45) is 0.104. The lowest BCUT2D eigenvalue weighted by Crippen LogP contribution is -2.35. The largest absolute Gasteiger partial charge is 0.382 e. The van der Waals surface area contributed by atoms with Gasteiger partial charge >= 0.3 is 0 Å². The predicted molar refractivity (Wildman–Crippen MR) is 50.7 cm³/mol. The van der Waals surface area contributed by atoms with E-state index in [-0.39, 0.29) is 18.2 Å². The third-order valence-corrected chi connectivity index (χ3v) is 2.25. The molecular weight excluding hydrogens is 171 g/mol. The van der Waals surface area contributed by atoms with E-state index in [0.717, 1.165) is 0 Å². The van der Waals surface area contributed by atoms with Gasteiger partial charge in [0.05, 0.1) is 25.8 Å². The van der Waals surface area contributed by atoms with Crippen molar-refractivity contribution in [3.63, 3.8) is 0 Å². The van der Waals surface area contributed by atoms with Crippen LogP contribution < -0.4 is 0 Å². The van der Waals surface area contributed by atoms with Gasteiger partial charge in [-0.1, -0.05) is 0 Å². The summed E-state index contributed by atoms with van der Waals surface area (Å²) in [5.41, 5.74) is 0. The molecule has 0 bridgehead atoms. The zero-order chi connectivity index (χ0) is 9.68. The first kappa shape index (κ1) is 11.0. The molecule has 0 aliphatic carbocycles. The fourth-order valence-corrected chi connectivity index (χ4v) is 1.45. The minimum absolute atomic E-state index is 0.0418. The molecule has 0 aromatic rings. The molecule has 1 rings (SSSR count). The summed E-state index contributed by atoms with van der Waals surface area (Å²) in [7, 11) is 5.33. The third-order valence-electron chi connectivity index (χ3n) is 2.25. The van der Waals surface area contributed by atoms with Crippen molar-refractivity contribution >= 4 is 7.85 Å². The van der Waals surface area contributed by atoms with Crippen LogP contribution in [0.5, 0.6) is 0 Å². The van der Waals surface area contributed by atoms with Crippen molar-refractivity contribution in [3.05, 3.63) is 0 Å². The second-order valence-electron chi connectivity index (χ2n) is 3.14. The van der Waals surface area contributed by atoms with Gasteiger partial charge in [0.25, 0.3) is 0 Å². The van der Waals surface area contributed by atoms with Crippen LogP contribution in [0.3, 0.4) is 0 Å². The Morgan fingerprint density at radius 2 is 2.15 bits per heavy atom. The van der Waals surface area contributed by atoms with E-state index in [1.165, 1.54) is 0 Å². The highest BCUT2D eigenvalue weighted by Gasteiger charge is 2.34. The quantitative estimate of drug-likeness (QED) is 0.410. The zero-order valence-electron chi connectivity index (χ0n) is 8.49. The minimum Gasteiger partial charge on any atom is -0.382 e. The standard InChI is InChI=1S/C8H17BO4/c1-10-3-4-12-7-6(11-2)5-13-8(7)9/h6-8H,3-5,9H2,1-2H3/t6?,7?,8-/m1/s1. The van der Waals surface area contributed by atoms with Gasteiger partial charge in [-0.2, -0.15) is 0 Å². The second-order valence-corrected chi connectivity index (χ2v) is 3.14. The summed E-state index contributed by atoms with van der Waals surface area (Å²) in [5, 5.41) is 0. The lowest BCUT2D eigenvalue weighted by molar-refractivity contribution is -0.0481. The Bertz CT molecular complexity index is 144. The molecule has 1 aliphatic rings. The van der Waals surface area contributed by atoms with Crippen LogP contribution in [0.1, 0.15) is 0 Å². The van der Waals surface area contributed by atoms with Crippen molar-refractivity contribution in [3.8, 4) is 0 Å². The Kier molecular flexibility index (Phi) is 4.73. The Labute approximate surface area is 79.9 Å². The van der Waals surface area contributed by atoms with Crippen LogP contribution in [0.25, 0.3) is 0 Å². The molecule has 76 valence electrons. The highest BCUT2D eigenvalue weighted by molar-refractivity contribution is 6.11. The van der Waals surface area contributed by atoms with Crippen molar-refractivity contribution in [2.45, 2.75) is 18.2 Å². The molecule has 3 atom stereocenters. The number of rotatable bonds is 5. The number of methoxy groups -OCH3 is 2. The first-order valence-corrected chi connectivity index (χ1v) is 4.54. The molecule has 4 nitrogen and oxygen atoms in total. The molecule has 0 aromatic carbocycles. The SMILES string of the molecule is B[C@@H]1OCC(OC)C1OCCOC. The van der Waals surface area contributed by atoms with E-state index in [9.17, 15) is 0 Å². The molecule has 1 fully saturated rings. The first-order valence-electron chi connectivity index (χ1n) is 4.54. The Hall–Kier alpha value is -0.0951. The molecule has 0 amide bonds. The van der Waals surface area contributed by atoms with Crippen LogP contribution in [0.2, 0.25) is 0 Å². The van der Waals surface area contributed by atoms with Gasteiger partial charge in [-0.25, -0.2) is 0 Å². The second kappa shape index (κ2) is 5.60. The number of ether oxygens (including phenoxy) is 4. The fraction of sp³-hybridized carbons (Fsp3) is 1.00. The molecule has 0 saturated carbocycles. The Balaban J connectivity index is 2.27. The summed E-state index contributed by atoms with van der Waals surface area (Å²) in [6.45, 7) is 1.82. The van der Waals surface area contributed by atoms with Crippen molar-refractivity contribution in [1.29, 1.82) is 0 Å². The summed E-state index contributed by atoms with van der Waals surface area (Å²) in [4.78, 5) is 0. The van der Waals surface area contributed by atoms with E-state index in [2.05, 4.69) is 0 Å². The maximum absolute atomic E-state index is 5.58. The lowest BCUT2D eigenvalue weighted by atomic mass is 9.93. The van der Waals surface area contributed by atoms with E-state index in [1.807, 2.05) is 7.85 Å². The molecule has 5 heteroatoms. The van der Waals surface area contributed by atoms with E-state index in [1.54, 1.807) is 14.2 Å². The minimum atomic E-state index is 0.0418. The van der Waals surface area contributed by atoms with Crippen LogP contribution in [0, 0.1) is 0 Å². The van der Waals surface area contributed by atoms with Crippen molar-refractivity contribution in [2.24, 2.45) is 0 Å². The fourth-order valence-electron chi connectivity index (χ4n) is 1.45. The van der Waals surface area contributed by atoms with Crippen LogP contribution in [0.15, 0.2) is 0 Å². The number of hydrogen-bond acceptors (Lipinski definition) is 4. The zero-order valence-corrected chi connectivity index (χ0v) is 8.49. The molecule has 13 heavy (non-hydrogen) atoms.